The normalized spacial score (nSPS) is 9.56. The first kappa shape index (κ1) is 12.8. The summed E-state index contributed by atoms with van der Waals surface area (Å²) in [6.45, 7) is 2.04. The van der Waals surface area contributed by atoms with Gasteiger partial charge in [-0.05, 0) is 47.2 Å². The molecule has 1 rings (SSSR count). The lowest BCUT2D eigenvalue weighted by molar-refractivity contribution is -0.142. The molecule has 0 aromatic heterocycles. The molecule has 0 saturated carbocycles. The second kappa shape index (κ2) is 5.70. The summed E-state index contributed by atoms with van der Waals surface area (Å²) in [5.74, 6) is -0.351. The molecular weight excluding hydrogens is 321 g/mol. The molecule has 0 atom stereocenters. The Morgan fingerprint density at radius 1 is 1.62 bits per heavy atom. The van der Waals surface area contributed by atoms with Crippen molar-refractivity contribution in [3.63, 3.8) is 0 Å². The Morgan fingerprint density at radius 2 is 2.31 bits per heavy atom. The minimum absolute atomic E-state index is 0.0218. The third kappa shape index (κ3) is 3.10. The SMILES string of the molecule is CCOC(=O)Cc1c(I)cc(O)cc1C#N. The predicted octanol–water partition coefficient (Wildman–Crippen LogP) is 1.97. The second-order valence-electron chi connectivity index (χ2n) is 3.05. The number of rotatable bonds is 3. The van der Waals surface area contributed by atoms with E-state index in [1.54, 1.807) is 6.92 Å². The van der Waals surface area contributed by atoms with Crippen molar-refractivity contribution in [3.05, 3.63) is 26.8 Å². The smallest absolute Gasteiger partial charge is 0.310 e. The monoisotopic (exact) mass is 331 g/mol. The molecule has 0 fully saturated rings. The van der Waals surface area contributed by atoms with Gasteiger partial charge in [0.05, 0.1) is 24.7 Å². The predicted molar refractivity (Wildman–Crippen MR) is 65.9 cm³/mol. The second-order valence-corrected chi connectivity index (χ2v) is 4.21. The molecule has 0 amide bonds. The molecule has 0 spiro atoms. The highest BCUT2D eigenvalue weighted by Gasteiger charge is 2.13. The van der Waals surface area contributed by atoms with Crippen molar-refractivity contribution in [2.75, 3.05) is 6.61 Å². The van der Waals surface area contributed by atoms with Crippen LogP contribution in [-0.4, -0.2) is 17.7 Å². The van der Waals surface area contributed by atoms with Crippen LogP contribution in [0.25, 0.3) is 0 Å². The number of halogens is 1. The quantitative estimate of drug-likeness (QED) is 0.679. The van der Waals surface area contributed by atoms with Gasteiger partial charge >= 0.3 is 5.97 Å². The fraction of sp³-hybridized carbons (Fsp3) is 0.273. The van der Waals surface area contributed by atoms with Gasteiger partial charge in [0.25, 0.3) is 0 Å². The number of phenolic OH excluding ortho intramolecular Hbond substituents is 1. The molecule has 1 aromatic carbocycles. The minimum atomic E-state index is -0.373. The summed E-state index contributed by atoms with van der Waals surface area (Å²) >= 11 is 1.98. The van der Waals surface area contributed by atoms with Crippen LogP contribution in [0.3, 0.4) is 0 Å². The minimum Gasteiger partial charge on any atom is -0.508 e. The van der Waals surface area contributed by atoms with Gasteiger partial charge in [-0.3, -0.25) is 4.79 Å². The summed E-state index contributed by atoms with van der Waals surface area (Å²) in [4.78, 5) is 11.3. The maximum Gasteiger partial charge on any atom is 0.310 e. The summed E-state index contributed by atoms with van der Waals surface area (Å²) in [6, 6.07) is 4.81. The Morgan fingerprint density at radius 3 is 2.88 bits per heavy atom. The molecule has 0 bridgehead atoms. The molecule has 0 heterocycles. The van der Waals surface area contributed by atoms with Crippen LogP contribution in [0.5, 0.6) is 5.75 Å². The Kier molecular flexibility index (Phi) is 4.55. The third-order valence-corrected chi connectivity index (χ3v) is 2.89. The summed E-state index contributed by atoms with van der Waals surface area (Å²) in [7, 11) is 0. The highest BCUT2D eigenvalue weighted by Crippen LogP contribution is 2.23. The molecule has 4 nitrogen and oxygen atoms in total. The Balaban J connectivity index is 3.04. The number of aromatic hydroxyl groups is 1. The van der Waals surface area contributed by atoms with Gasteiger partial charge in [0.1, 0.15) is 5.75 Å². The Labute approximate surface area is 107 Å². The molecule has 0 aliphatic carbocycles. The molecule has 5 heteroatoms. The Bertz CT molecular complexity index is 451. The van der Waals surface area contributed by atoms with E-state index in [-0.39, 0.29) is 18.1 Å². The number of nitrogens with zero attached hydrogens (tertiary/aromatic N) is 1. The molecular formula is C11H10INO3. The zero-order valence-electron chi connectivity index (χ0n) is 8.66. The number of carbonyl (C=O) groups is 1. The van der Waals surface area contributed by atoms with Crippen LogP contribution < -0.4 is 0 Å². The van der Waals surface area contributed by atoms with E-state index >= 15 is 0 Å². The molecule has 0 aliphatic heterocycles. The number of hydrogen-bond acceptors (Lipinski definition) is 4. The van der Waals surface area contributed by atoms with Crippen molar-refractivity contribution in [2.24, 2.45) is 0 Å². The average molecular weight is 331 g/mol. The van der Waals surface area contributed by atoms with Crippen molar-refractivity contribution < 1.29 is 14.6 Å². The van der Waals surface area contributed by atoms with Crippen molar-refractivity contribution in [2.45, 2.75) is 13.3 Å². The number of carbonyl (C=O) groups excluding carboxylic acids is 1. The van der Waals surface area contributed by atoms with Gasteiger partial charge in [-0.2, -0.15) is 5.26 Å². The summed E-state index contributed by atoms with van der Waals surface area (Å²) in [6.07, 6.45) is 0.0509. The molecule has 84 valence electrons. The van der Waals surface area contributed by atoms with Crippen LogP contribution in [-0.2, 0) is 16.0 Å². The van der Waals surface area contributed by atoms with Gasteiger partial charge in [-0.15, -0.1) is 0 Å². The maximum atomic E-state index is 11.3. The molecule has 0 unspecified atom stereocenters. The van der Waals surface area contributed by atoms with Gasteiger partial charge in [0, 0.05) is 3.57 Å². The maximum absolute atomic E-state index is 11.3. The van der Waals surface area contributed by atoms with E-state index in [2.05, 4.69) is 0 Å². The average Bonchev–Trinajstić information content (AvgIpc) is 2.22. The molecule has 1 N–H and O–H groups in total. The first-order valence-electron chi connectivity index (χ1n) is 4.65. The summed E-state index contributed by atoms with van der Waals surface area (Å²) in [5, 5.41) is 18.2. The van der Waals surface area contributed by atoms with Gasteiger partial charge in [0.15, 0.2) is 0 Å². The van der Waals surface area contributed by atoms with Crippen molar-refractivity contribution in [3.8, 4) is 11.8 Å². The van der Waals surface area contributed by atoms with Gasteiger partial charge in [-0.25, -0.2) is 0 Å². The zero-order chi connectivity index (χ0) is 12.1. The van der Waals surface area contributed by atoms with E-state index in [0.717, 1.165) is 0 Å². The van der Waals surface area contributed by atoms with Crippen LogP contribution in [0, 0.1) is 14.9 Å². The lowest BCUT2D eigenvalue weighted by Gasteiger charge is -2.07. The first-order chi connectivity index (χ1) is 7.58. The van der Waals surface area contributed by atoms with Crippen molar-refractivity contribution >= 4 is 28.6 Å². The number of nitriles is 1. The number of hydrogen-bond donors (Lipinski definition) is 1. The Hall–Kier alpha value is -1.29. The number of benzene rings is 1. The van der Waals surface area contributed by atoms with E-state index in [1.807, 2.05) is 28.7 Å². The fourth-order valence-corrected chi connectivity index (χ4v) is 2.06. The van der Waals surface area contributed by atoms with Crippen LogP contribution in [0.2, 0.25) is 0 Å². The first-order valence-corrected chi connectivity index (χ1v) is 5.73. The van der Waals surface area contributed by atoms with Crippen LogP contribution in [0.4, 0.5) is 0 Å². The fourth-order valence-electron chi connectivity index (χ4n) is 1.26. The summed E-state index contributed by atoms with van der Waals surface area (Å²) < 4.78 is 5.50. The van der Waals surface area contributed by atoms with E-state index in [1.165, 1.54) is 12.1 Å². The van der Waals surface area contributed by atoms with Crippen LogP contribution in [0.1, 0.15) is 18.1 Å². The van der Waals surface area contributed by atoms with Crippen molar-refractivity contribution in [1.82, 2.24) is 0 Å². The number of phenols is 1. The highest BCUT2D eigenvalue weighted by atomic mass is 127. The van der Waals surface area contributed by atoms with Crippen LogP contribution in [0.15, 0.2) is 12.1 Å². The topological polar surface area (TPSA) is 70.3 Å². The van der Waals surface area contributed by atoms with E-state index in [9.17, 15) is 9.90 Å². The molecule has 1 aromatic rings. The van der Waals surface area contributed by atoms with E-state index in [0.29, 0.717) is 21.3 Å². The highest BCUT2D eigenvalue weighted by molar-refractivity contribution is 14.1. The third-order valence-electron chi connectivity index (χ3n) is 1.93. The molecule has 16 heavy (non-hydrogen) atoms. The summed E-state index contributed by atoms with van der Waals surface area (Å²) in [5.41, 5.74) is 0.900. The van der Waals surface area contributed by atoms with Gasteiger partial charge in [-0.1, -0.05) is 0 Å². The number of ether oxygens (including phenoxy) is 1. The number of esters is 1. The van der Waals surface area contributed by atoms with Crippen molar-refractivity contribution in [1.29, 1.82) is 5.26 Å². The molecule has 0 radical (unpaired) electrons. The lowest BCUT2D eigenvalue weighted by Crippen LogP contribution is -2.10. The van der Waals surface area contributed by atoms with Crippen LogP contribution >= 0.6 is 22.6 Å². The van der Waals surface area contributed by atoms with E-state index < -0.39 is 0 Å². The van der Waals surface area contributed by atoms with Gasteiger partial charge < -0.3 is 9.84 Å². The molecule has 0 saturated heterocycles. The largest absolute Gasteiger partial charge is 0.508 e. The van der Waals surface area contributed by atoms with E-state index in [4.69, 9.17) is 10.00 Å². The molecule has 0 aliphatic rings. The zero-order valence-corrected chi connectivity index (χ0v) is 10.8. The standard InChI is InChI=1S/C11H10INO3/c1-2-16-11(15)5-9-7(6-13)3-8(14)4-10(9)12/h3-4,14H,2,5H2,1H3. The lowest BCUT2D eigenvalue weighted by atomic mass is 10.1. The van der Waals surface area contributed by atoms with Gasteiger partial charge in [0.2, 0.25) is 0 Å².